The van der Waals surface area contributed by atoms with Crippen molar-refractivity contribution >= 4 is 23.5 Å². The van der Waals surface area contributed by atoms with Crippen molar-refractivity contribution in [3.8, 4) is 11.5 Å². The third-order valence-corrected chi connectivity index (χ3v) is 3.40. The van der Waals surface area contributed by atoms with Crippen LogP contribution in [0.3, 0.4) is 0 Å². The van der Waals surface area contributed by atoms with Gasteiger partial charge in [-0.3, -0.25) is 9.59 Å². The number of rotatable bonds is 6. The Kier molecular flexibility index (Phi) is 5.73. The fraction of sp³-hybridized carbons (Fsp3) is 0.158. The fourth-order valence-corrected chi connectivity index (χ4v) is 2.07. The van der Waals surface area contributed by atoms with Gasteiger partial charge >= 0.3 is 0 Å². The van der Waals surface area contributed by atoms with Crippen LogP contribution < -0.4 is 14.8 Å². The highest BCUT2D eigenvalue weighted by Gasteiger charge is 2.14. The molecule has 0 aliphatic rings. The molecule has 0 aliphatic heterocycles. The van der Waals surface area contributed by atoms with Crippen molar-refractivity contribution in [2.45, 2.75) is 6.92 Å². The van der Waals surface area contributed by atoms with E-state index in [0.29, 0.717) is 17.2 Å². The van der Waals surface area contributed by atoms with Gasteiger partial charge in [-0.1, -0.05) is 12.1 Å². The minimum Gasteiger partial charge on any atom is -0.497 e. The maximum Gasteiger partial charge on any atom is 0.259 e. The number of nitrogens with one attached hydrogen (secondary N) is 1. The number of anilines is 1. The van der Waals surface area contributed by atoms with Crippen molar-refractivity contribution in [1.82, 2.24) is 0 Å². The molecule has 0 radical (unpaired) electrons. The summed E-state index contributed by atoms with van der Waals surface area (Å²) in [4.78, 5) is 24.2. The molecule has 0 aliphatic carbocycles. The van der Waals surface area contributed by atoms with Crippen molar-refractivity contribution in [2.24, 2.45) is 0 Å². The predicted octanol–water partition coefficient (Wildman–Crippen LogP) is 3.31. The molecule has 0 spiro atoms. The van der Waals surface area contributed by atoms with Gasteiger partial charge in [-0.2, -0.15) is 0 Å². The summed E-state index contributed by atoms with van der Waals surface area (Å²) in [6.45, 7) is 1.36. The molecule has 0 saturated heterocycles. The van der Waals surface area contributed by atoms with E-state index in [2.05, 4.69) is 5.32 Å². The Hall–Kier alpha value is -3.08. The summed E-state index contributed by atoms with van der Waals surface area (Å²) in [5, 5.41) is 2.71. The van der Waals surface area contributed by atoms with Crippen LogP contribution in [0.1, 0.15) is 12.5 Å². The first kappa shape index (κ1) is 17.3. The van der Waals surface area contributed by atoms with Gasteiger partial charge in [-0.15, -0.1) is 0 Å². The molecule has 0 aromatic heterocycles. The number of ether oxygens (including phenoxy) is 2. The lowest BCUT2D eigenvalue weighted by Gasteiger charge is -2.08. The number of carbonyl (C=O) groups is 2. The molecule has 0 unspecified atom stereocenters. The lowest BCUT2D eigenvalue weighted by Crippen LogP contribution is -2.18. The van der Waals surface area contributed by atoms with Crippen LogP contribution in [0.15, 0.2) is 54.1 Å². The highest BCUT2D eigenvalue weighted by molar-refractivity contribution is 6.25. The average Bonchev–Trinajstić information content (AvgIpc) is 2.60. The molecule has 1 N–H and O–H groups in total. The third kappa shape index (κ3) is 4.46. The van der Waals surface area contributed by atoms with Gasteiger partial charge in [-0.05, 0) is 55.0 Å². The van der Waals surface area contributed by atoms with E-state index in [1.807, 2.05) is 0 Å². The Morgan fingerprint density at radius 2 is 1.38 bits per heavy atom. The van der Waals surface area contributed by atoms with Crippen molar-refractivity contribution in [2.75, 3.05) is 19.5 Å². The second kappa shape index (κ2) is 7.97. The largest absolute Gasteiger partial charge is 0.497 e. The van der Waals surface area contributed by atoms with E-state index in [9.17, 15) is 9.59 Å². The van der Waals surface area contributed by atoms with Crippen LogP contribution >= 0.6 is 0 Å². The first-order valence-electron chi connectivity index (χ1n) is 7.35. The van der Waals surface area contributed by atoms with Crippen LogP contribution in [0.25, 0.3) is 6.08 Å². The number of Topliss-reactive ketones (excluding diaryl/α,β-unsaturated/α-hetero) is 1. The predicted molar refractivity (Wildman–Crippen MR) is 93.3 cm³/mol. The number of carbonyl (C=O) groups excluding carboxylic acids is 2. The number of methoxy groups -OCH3 is 2. The van der Waals surface area contributed by atoms with Gasteiger partial charge in [0.2, 0.25) is 0 Å². The van der Waals surface area contributed by atoms with Crippen molar-refractivity contribution in [1.29, 1.82) is 0 Å². The maximum atomic E-state index is 12.4. The molecular weight excluding hydrogens is 306 g/mol. The summed E-state index contributed by atoms with van der Waals surface area (Å²) >= 11 is 0. The number of hydrogen-bond acceptors (Lipinski definition) is 4. The van der Waals surface area contributed by atoms with E-state index in [1.165, 1.54) is 6.92 Å². The zero-order chi connectivity index (χ0) is 17.5. The number of ketones is 1. The van der Waals surface area contributed by atoms with Crippen molar-refractivity contribution in [3.63, 3.8) is 0 Å². The van der Waals surface area contributed by atoms with E-state index in [4.69, 9.17) is 9.47 Å². The highest BCUT2D eigenvalue weighted by Crippen LogP contribution is 2.18. The molecule has 2 aromatic carbocycles. The average molecular weight is 325 g/mol. The minimum absolute atomic E-state index is 0.0796. The Labute approximate surface area is 140 Å². The molecule has 0 fully saturated rings. The normalized spacial score (nSPS) is 10.9. The second-order valence-electron chi connectivity index (χ2n) is 5.07. The molecular formula is C19H19NO4. The molecule has 1 amide bonds. The maximum absolute atomic E-state index is 12.4. The SMILES string of the molecule is COc1ccc(C=C(C(C)=O)C(=O)Nc2ccc(OC)cc2)cc1. The van der Waals surface area contributed by atoms with Gasteiger partial charge in [0.15, 0.2) is 5.78 Å². The zero-order valence-corrected chi connectivity index (χ0v) is 13.8. The van der Waals surface area contributed by atoms with Crippen LogP contribution in [0.2, 0.25) is 0 Å². The first-order valence-corrected chi connectivity index (χ1v) is 7.35. The van der Waals surface area contributed by atoms with Crippen molar-refractivity contribution < 1.29 is 19.1 Å². The van der Waals surface area contributed by atoms with E-state index < -0.39 is 5.91 Å². The van der Waals surface area contributed by atoms with Gasteiger partial charge in [0, 0.05) is 5.69 Å². The van der Waals surface area contributed by atoms with Crippen LogP contribution in [0.5, 0.6) is 11.5 Å². The number of benzene rings is 2. The Bertz CT molecular complexity index is 746. The summed E-state index contributed by atoms with van der Waals surface area (Å²) in [6.07, 6.45) is 1.56. The summed E-state index contributed by atoms with van der Waals surface area (Å²) in [5.74, 6) is 0.632. The molecule has 124 valence electrons. The van der Waals surface area contributed by atoms with E-state index >= 15 is 0 Å². The lowest BCUT2D eigenvalue weighted by atomic mass is 10.1. The summed E-state index contributed by atoms with van der Waals surface area (Å²) in [5.41, 5.74) is 1.41. The van der Waals surface area contributed by atoms with Crippen LogP contribution in [0.4, 0.5) is 5.69 Å². The van der Waals surface area contributed by atoms with Gasteiger partial charge in [0.1, 0.15) is 11.5 Å². The van der Waals surface area contributed by atoms with Gasteiger partial charge < -0.3 is 14.8 Å². The summed E-state index contributed by atoms with van der Waals surface area (Å²) in [6, 6.07) is 14.0. The molecule has 2 aromatic rings. The third-order valence-electron chi connectivity index (χ3n) is 3.40. The Morgan fingerprint density at radius 3 is 1.83 bits per heavy atom. The monoisotopic (exact) mass is 325 g/mol. The molecule has 5 nitrogen and oxygen atoms in total. The zero-order valence-electron chi connectivity index (χ0n) is 13.8. The number of amides is 1. The molecule has 5 heteroatoms. The molecule has 2 rings (SSSR count). The standard InChI is InChI=1S/C19H19NO4/c1-13(21)18(12-14-4-8-16(23-2)9-5-14)19(22)20-15-6-10-17(24-3)11-7-15/h4-12H,1-3H3,(H,20,22). The topological polar surface area (TPSA) is 64.6 Å². The Balaban J connectivity index is 2.20. The molecule has 0 saturated carbocycles. The molecule has 0 bridgehead atoms. The summed E-state index contributed by atoms with van der Waals surface area (Å²) in [7, 11) is 3.15. The van der Waals surface area contributed by atoms with Gasteiger partial charge in [-0.25, -0.2) is 0 Å². The molecule has 0 heterocycles. The smallest absolute Gasteiger partial charge is 0.259 e. The van der Waals surface area contributed by atoms with Crippen LogP contribution in [-0.4, -0.2) is 25.9 Å². The second-order valence-corrected chi connectivity index (χ2v) is 5.07. The van der Waals surface area contributed by atoms with Gasteiger partial charge in [0.25, 0.3) is 5.91 Å². The first-order chi connectivity index (χ1) is 11.5. The van der Waals surface area contributed by atoms with Crippen LogP contribution in [-0.2, 0) is 9.59 Å². The highest BCUT2D eigenvalue weighted by atomic mass is 16.5. The molecule has 24 heavy (non-hydrogen) atoms. The Morgan fingerprint density at radius 1 is 0.875 bits per heavy atom. The quantitative estimate of drug-likeness (QED) is 0.503. The lowest BCUT2D eigenvalue weighted by molar-refractivity contribution is -0.118. The number of hydrogen-bond donors (Lipinski definition) is 1. The van der Waals surface area contributed by atoms with Gasteiger partial charge in [0.05, 0.1) is 19.8 Å². The van der Waals surface area contributed by atoms with E-state index in [1.54, 1.807) is 68.8 Å². The fourth-order valence-electron chi connectivity index (χ4n) is 2.07. The molecule has 0 atom stereocenters. The van der Waals surface area contributed by atoms with Crippen LogP contribution in [0, 0.1) is 0 Å². The van der Waals surface area contributed by atoms with Crippen molar-refractivity contribution in [3.05, 3.63) is 59.7 Å². The van der Waals surface area contributed by atoms with E-state index in [-0.39, 0.29) is 11.4 Å². The summed E-state index contributed by atoms with van der Waals surface area (Å²) < 4.78 is 10.2. The van der Waals surface area contributed by atoms with E-state index in [0.717, 1.165) is 5.56 Å². The minimum atomic E-state index is -0.455.